The van der Waals surface area contributed by atoms with Gasteiger partial charge in [-0.15, -0.1) is 0 Å². The molecule has 0 bridgehead atoms. The number of methoxy groups -OCH3 is 1. The van der Waals surface area contributed by atoms with Crippen molar-refractivity contribution in [3.05, 3.63) is 50.1 Å². The van der Waals surface area contributed by atoms with Crippen LogP contribution in [0.3, 0.4) is 0 Å². The molecule has 0 saturated carbocycles. The number of aromatic amines is 1. The molecular weight excluding hydrogens is 262 g/mol. The van der Waals surface area contributed by atoms with Gasteiger partial charge in [-0.2, -0.15) is 5.26 Å². The fourth-order valence-electron chi connectivity index (χ4n) is 1.68. The molecule has 0 amide bonds. The average Bonchev–Trinajstić information content (AvgIpc) is 2.84. The lowest BCUT2D eigenvalue weighted by Gasteiger charge is -2.07. The fourth-order valence-corrected chi connectivity index (χ4v) is 2.26. The molecule has 19 heavy (non-hydrogen) atoms. The Morgan fingerprint density at radius 1 is 1.47 bits per heavy atom. The molecule has 0 aliphatic carbocycles. The van der Waals surface area contributed by atoms with E-state index in [-0.39, 0.29) is 4.87 Å². The molecule has 0 fully saturated rings. The number of hydrogen-bond acceptors (Lipinski definition) is 5. The van der Waals surface area contributed by atoms with E-state index in [1.807, 2.05) is 12.1 Å². The zero-order chi connectivity index (χ0) is 13.7. The van der Waals surface area contributed by atoms with E-state index in [1.165, 1.54) is 0 Å². The third-order valence-electron chi connectivity index (χ3n) is 2.60. The van der Waals surface area contributed by atoms with Gasteiger partial charge < -0.3 is 15.0 Å². The number of aromatic nitrogens is 1. The van der Waals surface area contributed by atoms with Crippen LogP contribution in [-0.2, 0) is 13.1 Å². The van der Waals surface area contributed by atoms with Crippen LogP contribution in [0.5, 0.6) is 5.75 Å². The zero-order valence-corrected chi connectivity index (χ0v) is 11.2. The molecule has 0 radical (unpaired) electrons. The molecule has 98 valence electrons. The van der Waals surface area contributed by atoms with Gasteiger partial charge in [0.1, 0.15) is 11.8 Å². The minimum atomic E-state index is -0.0446. The first-order chi connectivity index (χ1) is 9.22. The monoisotopic (exact) mass is 275 g/mol. The highest BCUT2D eigenvalue weighted by Gasteiger charge is 2.03. The third-order valence-corrected chi connectivity index (χ3v) is 3.32. The topological polar surface area (TPSA) is 77.9 Å². The van der Waals surface area contributed by atoms with E-state index in [2.05, 4.69) is 16.4 Å². The lowest BCUT2D eigenvalue weighted by atomic mass is 10.1. The molecule has 2 rings (SSSR count). The van der Waals surface area contributed by atoms with E-state index >= 15 is 0 Å². The molecule has 5 nitrogen and oxygen atoms in total. The Bertz CT molecular complexity index is 654. The highest BCUT2D eigenvalue weighted by molar-refractivity contribution is 7.07. The van der Waals surface area contributed by atoms with Crippen LogP contribution in [-0.4, -0.2) is 12.1 Å². The number of thiazole rings is 1. The van der Waals surface area contributed by atoms with Gasteiger partial charge in [-0.1, -0.05) is 17.4 Å². The summed E-state index contributed by atoms with van der Waals surface area (Å²) in [5.74, 6) is 0.575. The summed E-state index contributed by atoms with van der Waals surface area (Å²) in [5.41, 5.74) is 2.41. The molecular formula is C13H13N3O2S. The molecule has 2 N–H and O–H groups in total. The SMILES string of the molecule is COc1cc(CNCc2csc(=O)[nH]2)ccc1C#N. The van der Waals surface area contributed by atoms with Gasteiger partial charge in [0.25, 0.3) is 0 Å². The third kappa shape index (κ3) is 3.44. The van der Waals surface area contributed by atoms with Crippen molar-refractivity contribution < 1.29 is 4.74 Å². The Hall–Kier alpha value is -2.10. The Labute approximate surface area is 114 Å². The Morgan fingerprint density at radius 2 is 2.32 bits per heavy atom. The van der Waals surface area contributed by atoms with Crippen molar-refractivity contribution in [3.8, 4) is 11.8 Å². The summed E-state index contributed by atoms with van der Waals surface area (Å²) >= 11 is 1.15. The number of nitrogens with one attached hydrogen (secondary N) is 2. The number of rotatable bonds is 5. The first kappa shape index (κ1) is 13.3. The first-order valence-corrected chi connectivity index (χ1v) is 6.55. The maximum atomic E-state index is 11.0. The lowest BCUT2D eigenvalue weighted by Crippen LogP contribution is -2.13. The van der Waals surface area contributed by atoms with E-state index in [4.69, 9.17) is 10.00 Å². The lowest BCUT2D eigenvalue weighted by molar-refractivity contribution is 0.412. The summed E-state index contributed by atoms with van der Waals surface area (Å²) in [4.78, 5) is 13.7. The van der Waals surface area contributed by atoms with Crippen molar-refractivity contribution in [1.29, 1.82) is 5.26 Å². The van der Waals surface area contributed by atoms with Gasteiger partial charge in [0.2, 0.25) is 0 Å². The molecule has 1 heterocycles. The number of ether oxygens (including phenoxy) is 1. The Morgan fingerprint density at radius 3 is 2.95 bits per heavy atom. The number of hydrogen-bond donors (Lipinski definition) is 2. The van der Waals surface area contributed by atoms with Crippen molar-refractivity contribution in [2.75, 3.05) is 7.11 Å². The summed E-state index contributed by atoms with van der Waals surface area (Å²) in [6.07, 6.45) is 0. The number of nitriles is 1. The maximum Gasteiger partial charge on any atom is 0.304 e. The molecule has 0 spiro atoms. The van der Waals surface area contributed by atoms with Crippen molar-refractivity contribution in [3.63, 3.8) is 0 Å². The normalized spacial score (nSPS) is 10.1. The summed E-state index contributed by atoms with van der Waals surface area (Å²) in [6, 6.07) is 7.53. The molecule has 1 aromatic heterocycles. The first-order valence-electron chi connectivity index (χ1n) is 5.67. The number of benzene rings is 1. The quantitative estimate of drug-likeness (QED) is 0.869. The van der Waals surface area contributed by atoms with Crippen LogP contribution in [0.4, 0.5) is 0 Å². The van der Waals surface area contributed by atoms with E-state index in [1.54, 1.807) is 18.6 Å². The maximum absolute atomic E-state index is 11.0. The highest BCUT2D eigenvalue weighted by Crippen LogP contribution is 2.19. The van der Waals surface area contributed by atoms with Crippen LogP contribution in [0.1, 0.15) is 16.8 Å². The van der Waals surface area contributed by atoms with E-state index in [0.29, 0.717) is 24.4 Å². The highest BCUT2D eigenvalue weighted by atomic mass is 32.1. The van der Waals surface area contributed by atoms with E-state index in [9.17, 15) is 4.79 Å². The predicted molar refractivity (Wildman–Crippen MR) is 73.2 cm³/mol. The van der Waals surface area contributed by atoms with Gasteiger partial charge in [-0.05, 0) is 17.7 Å². The molecule has 0 aliphatic rings. The molecule has 6 heteroatoms. The van der Waals surface area contributed by atoms with Gasteiger partial charge >= 0.3 is 4.87 Å². The number of nitrogens with zero attached hydrogens (tertiary/aromatic N) is 1. The van der Waals surface area contributed by atoms with Crippen LogP contribution in [0, 0.1) is 11.3 Å². The van der Waals surface area contributed by atoms with Gasteiger partial charge in [0.05, 0.1) is 12.7 Å². The van der Waals surface area contributed by atoms with Crippen molar-refractivity contribution in [2.24, 2.45) is 0 Å². The van der Waals surface area contributed by atoms with Crippen LogP contribution < -0.4 is 14.9 Å². The smallest absolute Gasteiger partial charge is 0.304 e. The number of H-pyrrole nitrogens is 1. The molecule has 0 saturated heterocycles. The zero-order valence-electron chi connectivity index (χ0n) is 10.4. The van der Waals surface area contributed by atoms with Crippen LogP contribution >= 0.6 is 11.3 Å². The predicted octanol–water partition coefficient (Wildman–Crippen LogP) is 1.61. The van der Waals surface area contributed by atoms with Crippen molar-refractivity contribution in [2.45, 2.75) is 13.1 Å². The second-order valence-electron chi connectivity index (χ2n) is 3.92. The second-order valence-corrected chi connectivity index (χ2v) is 4.77. The summed E-state index contributed by atoms with van der Waals surface area (Å²) in [5, 5.41) is 13.9. The Kier molecular flexibility index (Phi) is 4.34. The van der Waals surface area contributed by atoms with Gasteiger partial charge in [0.15, 0.2) is 0 Å². The minimum Gasteiger partial charge on any atom is -0.495 e. The van der Waals surface area contributed by atoms with Crippen molar-refractivity contribution in [1.82, 2.24) is 10.3 Å². The summed E-state index contributed by atoms with van der Waals surface area (Å²) in [7, 11) is 1.55. The fraction of sp³-hybridized carbons (Fsp3) is 0.231. The van der Waals surface area contributed by atoms with Crippen LogP contribution in [0.2, 0.25) is 0 Å². The van der Waals surface area contributed by atoms with Gasteiger partial charge in [-0.3, -0.25) is 4.79 Å². The average molecular weight is 275 g/mol. The van der Waals surface area contributed by atoms with Crippen LogP contribution in [0.25, 0.3) is 0 Å². The van der Waals surface area contributed by atoms with E-state index in [0.717, 1.165) is 22.6 Å². The summed E-state index contributed by atoms with van der Waals surface area (Å²) in [6.45, 7) is 1.24. The largest absolute Gasteiger partial charge is 0.495 e. The van der Waals surface area contributed by atoms with Crippen molar-refractivity contribution >= 4 is 11.3 Å². The molecule has 1 aromatic carbocycles. The second kappa shape index (κ2) is 6.18. The van der Waals surface area contributed by atoms with Gasteiger partial charge in [-0.25, -0.2) is 0 Å². The van der Waals surface area contributed by atoms with Gasteiger partial charge in [0, 0.05) is 24.2 Å². The van der Waals surface area contributed by atoms with E-state index < -0.39 is 0 Å². The molecule has 0 unspecified atom stereocenters. The molecule has 2 aromatic rings. The molecule has 0 atom stereocenters. The Balaban J connectivity index is 1.96. The minimum absolute atomic E-state index is 0.0446. The van der Waals surface area contributed by atoms with Crippen LogP contribution in [0.15, 0.2) is 28.4 Å². The molecule has 0 aliphatic heterocycles. The standard InChI is InChI=1S/C13H13N3O2S/c1-18-12-4-9(2-3-10(12)5-14)6-15-7-11-8-19-13(17)16-11/h2-4,8,15H,6-7H2,1H3,(H,16,17). The summed E-state index contributed by atoms with van der Waals surface area (Å²) < 4.78 is 5.15.